The van der Waals surface area contributed by atoms with Crippen LogP contribution in [0.5, 0.6) is 0 Å². The Morgan fingerprint density at radius 1 is 0.947 bits per heavy atom. The highest BCUT2D eigenvalue weighted by Crippen LogP contribution is 2.27. The zero-order valence-electron chi connectivity index (χ0n) is 10.0. The van der Waals surface area contributed by atoms with Crippen LogP contribution in [0.3, 0.4) is 0 Å². The maximum atomic E-state index is 11.6. The third-order valence-electron chi connectivity index (χ3n) is 2.89. The SMILES string of the molecule is O=c1cc(-c2ccccc2Cl)n(-c2ccccc2)[nH]1. The number of para-hydroxylation sites is 1. The van der Waals surface area contributed by atoms with Crippen molar-refractivity contribution in [2.45, 2.75) is 0 Å². The fourth-order valence-corrected chi connectivity index (χ4v) is 2.27. The van der Waals surface area contributed by atoms with E-state index in [1.807, 2.05) is 54.6 Å². The molecule has 19 heavy (non-hydrogen) atoms. The fourth-order valence-electron chi connectivity index (χ4n) is 2.04. The van der Waals surface area contributed by atoms with Crippen LogP contribution in [0.2, 0.25) is 5.02 Å². The number of H-pyrrole nitrogens is 1. The number of hydrogen-bond donors (Lipinski definition) is 1. The van der Waals surface area contributed by atoms with Gasteiger partial charge in [0, 0.05) is 16.7 Å². The highest BCUT2D eigenvalue weighted by molar-refractivity contribution is 6.33. The zero-order valence-corrected chi connectivity index (χ0v) is 10.8. The molecule has 3 rings (SSSR count). The number of aromatic nitrogens is 2. The average Bonchev–Trinajstić information content (AvgIpc) is 2.82. The van der Waals surface area contributed by atoms with Crippen molar-refractivity contribution in [3.05, 3.63) is 76.0 Å². The summed E-state index contributed by atoms with van der Waals surface area (Å²) in [4.78, 5) is 11.6. The molecule has 0 atom stereocenters. The second-order valence-electron chi connectivity index (χ2n) is 4.16. The number of rotatable bonds is 2. The molecule has 0 radical (unpaired) electrons. The van der Waals surface area contributed by atoms with Crippen molar-refractivity contribution in [2.75, 3.05) is 0 Å². The molecule has 94 valence electrons. The monoisotopic (exact) mass is 270 g/mol. The summed E-state index contributed by atoms with van der Waals surface area (Å²) in [5.41, 5.74) is 2.31. The first-order valence-electron chi connectivity index (χ1n) is 5.88. The standard InChI is InChI=1S/C15H11ClN2O/c16-13-9-5-4-8-12(13)14-10-15(19)17-18(14)11-6-2-1-3-7-11/h1-10H,(H,17,19). The van der Waals surface area contributed by atoms with Crippen LogP contribution in [0.1, 0.15) is 0 Å². The number of halogens is 1. The minimum absolute atomic E-state index is 0.154. The summed E-state index contributed by atoms with van der Waals surface area (Å²) in [5, 5.41) is 3.41. The quantitative estimate of drug-likeness (QED) is 0.760. The summed E-state index contributed by atoms with van der Waals surface area (Å²) < 4.78 is 1.74. The zero-order chi connectivity index (χ0) is 13.2. The van der Waals surface area contributed by atoms with Gasteiger partial charge in [-0.1, -0.05) is 48.0 Å². The molecule has 1 aromatic heterocycles. The van der Waals surface area contributed by atoms with E-state index in [0.29, 0.717) is 5.02 Å². The average molecular weight is 271 g/mol. The Morgan fingerprint density at radius 3 is 2.37 bits per heavy atom. The predicted octanol–water partition coefficient (Wildman–Crippen LogP) is 3.49. The highest BCUT2D eigenvalue weighted by Gasteiger charge is 2.11. The van der Waals surface area contributed by atoms with Crippen molar-refractivity contribution in [3.63, 3.8) is 0 Å². The molecule has 3 nitrogen and oxygen atoms in total. The highest BCUT2D eigenvalue weighted by atomic mass is 35.5. The van der Waals surface area contributed by atoms with Gasteiger partial charge in [0.25, 0.3) is 5.56 Å². The van der Waals surface area contributed by atoms with Crippen LogP contribution in [0.4, 0.5) is 0 Å². The summed E-state index contributed by atoms with van der Waals surface area (Å²) in [6, 6.07) is 18.6. The molecule has 0 fully saturated rings. The Hall–Kier alpha value is -2.26. The van der Waals surface area contributed by atoms with E-state index in [1.54, 1.807) is 10.7 Å². The van der Waals surface area contributed by atoms with E-state index < -0.39 is 0 Å². The molecule has 0 aliphatic carbocycles. The molecule has 1 heterocycles. The van der Waals surface area contributed by atoms with Gasteiger partial charge in [-0.2, -0.15) is 0 Å². The molecule has 1 N–H and O–H groups in total. The molecular weight excluding hydrogens is 260 g/mol. The van der Waals surface area contributed by atoms with E-state index in [0.717, 1.165) is 16.9 Å². The first kappa shape index (κ1) is 11.8. The van der Waals surface area contributed by atoms with E-state index in [2.05, 4.69) is 5.10 Å². The second-order valence-corrected chi connectivity index (χ2v) is 4.56. The maximum absolute atomic E-state index is 11.6. The molecule has 0 aliphatic heterocycles. The van der Waals surface area contributed by atoms with Crippen LogP contribution in [0, 0.1) is 0 Å². The predicted molar refractivity (Wildman–Crippen MR) is 76.8 cm³/mol. The van der Waals surface area contributed by atoms with Gasteiger partial charge in [-0.3, -0.25) is 14.6 Å². The second kappa shape index (κ2) is 4.78. The molecule has 0 saturated heterocycles. The van der Waals surface area contributed by atoms with Gasteiger partial charge in [0.2, 0.25) is 0 Å². The first-order valence-corrected chi connectivity index (χ1v) is 6.26. The molecule has 0 spiro atoms. The van der Waals surface area contributed by atoms with Crippen LogP contribution < -0.4 is 5.56 Å². The smallest absolute Gasteiger partial charge is 0.265 e. The molecular formula is C15H11ClN2O. The lowest BCUT2D eigenvalue weighted by atomic mass is 10.1. The van der Waals surface area contributed by atoms with Gasteiger partial charge >= 0.3 is 0 Å². The summed E-state index contributed by atoms with van der Waals surface area (Å²) in [7, 11) is 0. The summed E-state index contributed by atoms with van der Waals surface area (Å²) in [6.07, 6.45) is 0. The summed E-state index contributed by atoms with van der Waals surface area (Å²) in [5.74, 6) is 0. The Labute approximate surface area is 115 Å². The third kappa shape index (κ3) is 2.20. The maximum Gasteiger partial charge on any atom is 0.265 e. The molecule has 0 amide bonds. The van der Waals surface area contributed by atoms with Crippen molar-refractivity contribution in [1.29, 1.82) is 0 Å². The van der Waals surface area contributed by atoms with Gasteiger partial charge in [0.05, 0.1) is 11.4 Å². The van der Waals surface area contributed by atoms with E-state index in [1.165, 1.54) is 0 Å². The van der Waals surface area contributed by atoms with Crippen molar-refractivity contribution in [3.8, 4) is 16.9 Å². The van der Waals surface area contributed by atoms with Gasteiger partial charge in [-0.05, 0) is 18.2 Å². The minimum Gasteiger partial charge on any atom is -0.268 e. The normalized spacial score (nSPS) is 10.6. The lowest BCUT2D eigenvalue weighted by Gasteiger charge is -2.09. The van der Waals surface area contributed by atoms with Gasteiger partial charge in [-0.15, -0.1) is 0 Å². The van der Waals surface area contributed by atoms with Gasteiger partial charge in [-0.25, -0.2) is 0 Å². The Balaban J connectivity index is 2.24. The van der Waals surface area contributed by atoms with Crippen molar-refractivity contribution in [1.82, 2.24) is 9.78 Å². The van der Waals surface area contributed by atoms with Crippen molar-refractivity contribution in [2.24, 2.45) is 0 Å². The minimum atomic E-state index is -0.154. The first-order chi connectivity index (χ1) is 9.25. The lowest BCUT2D eigenvalue weighted by molar-refractivity contribution is 0.871. The number of benzene rings is 2. The topological polar surface area (TPSA) is 37.8 Å². The van der Waals surface area contributed by atoms with E-state index in [9.17, 15) is 4.79 Å². The number of aromatic amines is 1. The van der Waals surface area contributed by atoms with Gasteiger partial charge in [0.1, 0.15) is 0 Å². The van der Waals surface area contributed by atoms with Crippen LogP contribution in [-0.4, -0.2) is 9.78 Å². The third-order valence-corrected chi connectivity index (χ3v) is 3.22. The van der Waals surface area contributed by atoms with Crippen LogP contribution >= 0.6 is 11.6 Å². The van der Waals surface area contributed by atoms with Crippen LogP contribution in [0.25, 0.3) is 16.9 Å². The lowest BCUT2D eigenvalue weighted by Crippen LogP contribution is -2.04. The number of nitrogens with zero attached hydrogens (tertiary/aromatic N) is 1. The fraction of sp³-hybridized carbons (Fsp3) is 0. The summed E-state index contributed by atoms with van der Waals surface area (Å²) >= 11 is 6.20. The molecule has 0 saturated carbocycles. The van der Waals surface area contributed by atoms with Crippen LogP contribution in [0.15, 0.2) is 65.5 Å². The largest absolute Gasteiger partial charge is 0.268 e. The van der Waals surface area contributed by atoms with E-state index >= 15 is 0 Å². The molecule has 2 aromatic carbocycles. The van der Waals surface area contributed by atoms with Gasteiger partial charge < -0.3 is 0 Å². The molecule has 0 aliphatic rings. The molecule has 4 heteroatoms. The van der Waals surface area contributed by atoms with Crippen molar-refractivity contribution < 1.29 is 0 Å². The Kier molecular flexibility index (Phi) is 2.97. The molecule has 0 bridgehead atoms. The Morgan fingerprint density at radius 2 is 1.63 bits per heavy atom. The van der Waals surface area contributed by atoms with E-state index in [4.69, 9.17) is 11.6 Å². The van der Waals surface area contributed by atoms with Crippen molar-refractivity contribution >= 4 is 11.6 Å². The summed E-state index contributed by atoms with van der Waals surface area (Å²) in [6.45, 7) is 0. The van der Waals surface area contributed by atoms with E-state index in [-0.39, 0.29) is 5.56 Å². The molecule has 0 unspecified atom stereocenters. The Bertz CT molecular complexity index is 759. The molecule has 3 aromatic rings. The number of hydrogen-bond acceptors (Lipinski definition) is 1. The number of nitrogens with one attached hydrogen (secondary N) is 1. The van der Waals surface area contributed by atoms with Gasteiger partial charge in [0.15, 0.2) is 0 Å². The van der Waals surface area contributed by atoms with Crippen LogP contribution in [-0.2, 0) is 0 Å².